The molecule has 2 aliphatic rings. The molecule has 1 saturated heterocycles. The molecule has 1 aliphatic heterocycles. The molecule has 4 atom stereocenters. The van der Waals surface area contributed by atoms with Crippen molar-refractivity contribution in [1.82, 2.24) is 9.88 Å². The van der Waals surface area contributed by atoms with Crippen molar-refractivity contribution >= 4 is 27.9 Å². The van der Waals surface area contributed by atoms with E-state index in [0.29, 0.717) is 30.1 Å². The van der Waals surface area contributed by atoms with Gasteiger partial charge in [-0.25, -0.2) is 0 Å². The van der Waals surface area contributed by atoms with E-state index in [4.69, 9.17) is 0 Å². The number of aromatic amines is 1. The largest absolute Gasteiger partial charge is 0.616 e. The fraction of sp³-hybridized carbons (Fsp3) is 0.550. The summed E-state index contributed by atoms with van der Waals surface area (Å²) in [6, 6.07) is 7.08. The van der Waals surface area contributed by atoms with E-state index in [-0.39, 0.29) is 11.5 Å². The molecule has 0 unspecified atom stereocenters. The lowest BCUT2D eigenvalue weighted by atomic mass is 9.73. The zero-order valence-electron chi connectivity index (χ0n) is 15.0. The number of carbonyl (C=O) groups excluding carboxylic acids is 1. The second-order valence-corrected chi connectivity index (χ2v) is 9.15. The van der Waals surface area contributed by atoms with E-state index in [1.165, 1.54) is 22.0 Å². The number of fused-ring (bicyclic) bond motifs is 2. The number of nitrogens with one attached hydrogen (secondary N) is 1. The van der Waals surface area contributed by atoms with Crippen LogP contribution in [-0.4, -0.2) is 51.4 Å². The van der Waals surface area contributed by atoms with E-state index in [1.807, 2.05) is 6.92 Å². The number of H-pyrrole nitrogens is 1. The van der Waals surface area contributed by atoms with E-state index in [9.17, 15) is 9.35 Å². The van der Waals surface area contributed by atoms with E-state index in [1.54, 1.807) is 0 Å². The van der Waals surface area contributed by atoms with Crippen molar-refractivity contribution in [3.05, 3.63) is 35.5 Å². The number of carbonyl (C=O) groups is 1. The van der Waals surface area contributed by atoms with Gasteiger partial charge in [0.1, 0.15) is 5.75 Å². The maximum absolute atomic E-state index is 12.4. The Morgan fingerprint density at radius 3 is 3.08 bits per heavy atom. The monoisotopic (exact) mass is 358 g/mol. The number of Topliss-reactive ketones (excluding diaryl/α,β-unsaturated/α-hetero) is 1. The first-order valence-electron chi connectivity index (χ1n) is 9.22. The molecule has 0 saturated carbocycles. The van der Waals surface area contributed by atoms with E-state index < -0.39 is 11.2 Å². The highest BCUT2D eigenvalue weighted by molar-refractivity contribution is 7.92. The lowest BCUT2D eigenvalue weighted by Crippen LogP contribution is -2.49. The van der Waals surface area contributed by atoms with Crippen molar-refractivity contribution in [2.75, 3.05) is 25.1 Å². The van der Waals surface area contributed by atoms with Crippen LogP contribution >= 0.6 is 0 Å². The second-order valence-electron chi connectivity index (χ2n) is 7.65. The molecule has 25 heavy (non-hydrogen) atoms. The summed E-state index contributed by atoms with van der Waals surface area (Å²) in [4.78, 5) is 17.4. The first-order valence-corrected chi connectivity index (χ1v) is 10.7. The van der Waals surface area contributed by atoms with Gasteiger partial charge in [0, 0.05) is 47.9 Å². The van der Waals surface area contributed by atoms with Gasteiger partial charge in [0.15, 0.2) is 11.5 Å². The molecule has 0 bridgehead atoms. The van der Waals surface area contributed by atoms with Gasteiger partial charge in [0.2, 0.25) is 0 Å². The third kappa shape index (κ3) is 3.14. The van der Waals surface area contributed by atoms with Crippen LogP contribution in [0.25, 0.3) is 10.9 Å². The zero-order valence-corrected chi connectivity index (χ0v) is 15.8. The standard InChI is InChI=1S/C20H26N2O2S/c1-3-15(23)12-25(24)11-13-7-17-16-5-4-6-18-20(16)14(9-21-18)8-19(17)22(2)10-13/h4-6,9,13,17,19,21H,3,7-8,10-12H2,1-2H3/t13-,17-,19-,25-/m1/s1. The molecule has 1 aliphatic carbocycles. The first kappa shape index (κ1) is 17.1. The Balaban J connectivity index is 1.56. The fourth-order valence-corrected chi connectivity index (χ4v) is 6.23. The maximum Gasteiger partial charge on any atom is 0.181 e. The molecule has 0 radical (unpaired) electrons. The SMILES string of the molecule is CCC(=O)C[S@+]([O-])C[C@@H]1C[C@@H]2c3cccc4[nH]cc(c34)C[C@H]2N(C)C1. The van der Waals surface area contributed by atoms with Gasteiger partial charge in [0.25, 0.3) is 0 Å². The van der Waals surface area contributed by atoms with Crippen LogP contribution in [0.3, 0.4) is 0 Å². The molecule has 4 nitrogen and oxygen atoms in total. The normalized spacial score (nSPS) is 27.2. The second kappa shape index (κ2) is 6.78. The van der Waals surface area contributed by atoms with Gasteiger partial charge >= 0.3 is 0 Å². The number of likely N-dealkylation sites (N-methyl/N-ethyl adjacent to an activating group) is 1. The topological polar surface area (TPSA) is 59.2 Å². The number of likely N-dealkylation sites (tertiary alicyclic amines) is 1. The Kier molecular flexibility index (Phi) is 4.65. The minimum atomic E-state index is -1.03. The lowest BCUT2D eigenvalue weighted by Gasteiger charge is -2.45. The Labute approximate surface area is 152 Å². The van der Waals surface area contributed by atoms with Crippen LogP contribution in [0.15, 0.2) is 24.4 Å². The third-order valence-corrected chi connectivity index (χ3v) is 7.44. The van der Waals surface area contributed by atoms with Crippen molar-refractivity contribution in [2.24, 2.45) is 5.92 Å². The number of rotatable bonds is 5. The molecular weight excluding hydrogens is 332 g/mol. The van der Waals surface area contributed by atoms with Crippen LogP contribution in [0.1, 0.15) is 36.8 Å². The first-order chi connectivity index (χ1) is 12.1. The summed E-state index contributed by atoms with van der Waals surface area (Å²) in [5, 5.41) is 1.40. The fourth-order valence-electron chi connectivity index (χ4n) is 4.78. The number of hydrogen-bond acceptors (Lipinski definition) is 3. The molecule has 1 fully saturated rings. The number of benzene rings is 1. The molecular formula is C20H26N2O2S. The molecule has 2 heterocycles. The van der Waals surface area contributed by atoms with E-state index >= 15 is 0 Å². The maximum atomic E-state index is 12.4. The lowest BCUT2D eigenvalue weighted by molar-refractivity contribution is -0.116. The molecule has 4 rings (SSSR count). The number of ketones is 1. The van der Waals surface area contributed by atoms with Crippen LogP contribution in [0.5, 0.6) is 0 Å². The highest BCUT2D eigenvalue weighted by atomic mass is 32.2. The summed E-state index contributed by atoms with van der Waals surface area (Å²) in [7, 11) is 2.20. The predicted octanol–water partition coefficient (Wildman–Crippen LogP) is 2.86. The minimum absolute atomic E-state index is 0.111. The highest BCUT2D eigenvalue weighted by Crippen LogP contribution is 2.44. The van der Waals surface area contributed by atoms with Crippen molar-refractivity contribution in [3.63, 3.8) is 0 Å². The Morgan fingerprint density at radius 1 is 1.44 bits per heavy atom. The molecule has 0 spiro atoms. The summed E-state index contributed by atoms with van der Waals surface area (Å²) >= 11 is -1.03. The van der Waals surface area contributed by atoms with Crippen LogP contribution in [-0.2, 0) is 22.4 Å². The van der Waals surface area contributed by atoms with Crippen molar-refractivity contribution in [2.45, 2.75) is 38.1 Å². The predicted molar refractivity (Wildman–Crippen MR) is 102 cm³/mol. The zero-order chi connectivity index (χ0) is 17.6. The summed E-state index contributed by atoms with van der Waals surface area (Å²) in [5.41, 5.74) is 4.10. The number of nitrogens with zero attached hydrogens (tertiary/aromatic N) is 1. The third-order valence-electron chi connectivity index (χ3n) is 5.95. The van der Waals surface area contributed by atoms with Crippen LogP contribution < -0.4 is 0 Å². The van der Waals surface area contributed by atoms with Gasteiger partial charge in [0.05, 0.1) is 0 Å². The molecule has 0 amide bonds. The Morgan fingerprint density at radius 2 is 2.28 bits per heavy atom. The molecule has 1 aromatic heterocycles. The Hall–Kier alpha value is -1.30. The molecule has 5 heteroatoms. The average Bonchev–Trinajstić information content (AvgIpc) is 3.00. The van der Waals surface area contributed by atoms with Crippen molar-refractivity contribution < 1.29 is 9.35 Å². The molecule has 1 aromatic carbocycles. The van der Waals surface area contributed by atoms with Gasteiger partial charge in [-0.3, -0.25) is 4.79 Å². The Bertz CT molecular complexity index is 787. The highest BCUT2D eigenvalue weighted by Gasteiger charge is 2.40. The van der Waals surface area contributed by atoms with Gasteiger partial charge < -0.3 is 14.4 Å². The molecule has 134 valence electrons. The van der Waals surface area contributed by atoms with E-state index in [2.05, 4.69) is 41.3 Å². The average molecular weight is 359 g/mol. The van der Waals surface area contributed by atoms with Gasteiger partial charge in [-0.05, 0) is 48.3 Å². The summed E-state index contributed by atoms with van der Waals surface area (Å²) < 4.78 is 12.4. The molecule has 2 aromatic rings. The number of aromatic nitrogens is 1. The van der Waals surface area contributed by atoms with Gasteiger partial charge in [-0.1, -0.05) is 19.1 Å². The van der Waals surface area contributed by atoms with Gasteiger partial charge in [-0.15, -0.1) is 0 Å². The van der Waals surface area contributed by atoms with Crippen molar-refractivity contribution in [3.8, 4) is 0 Å². The summed E-state index contributed by atoms with van der Waals surface area (Å²) in [6.45, 7) is 2.82. The smallest absolute Gasteiger partial charge is 0.181 e. The minimum Gasteiger partial charge on any atom is -0.616 e. The molecule has 1 N–H and O–H groups in total. The van der Waals surface area contributed by atoms with Crippen molar-refractivity contribution in [1.29, 1.82) is 0 Å². The summed E-state index contributed by atoms with van der Waals surface area (Å²) in [6.07, 6.45) is 4.81. The van der Waals surface area contributed by atoms with Gasteiger partial charge in [-0.2, -0.15) is 0 Å². The summed E-state index contributed by atoms with van der Waals surface area (Å²) in [5.74, 6) is 1.87. The number of piperidine rings is 1. The van der Waals surface area contributed by atoms with Crippen LogP contribution in [0, 0.1) is 5.92 Å². The quantitative estimate of drug-likeness (QED) is 0.836. The van der Waals surface area contributed by atoms with Crippen LogP contribution in [0.2, 0.25) is 0 Å². The number of hydrogen-bond donors (Lipinski definition) is 1. The van der Waals surface area contributed by atoms with E-state index in [0.717, 1.165) is 19.4 Å². The van der Waals surface area contributed by atoms with Crippen LogP contribution in [0.4, 0.5) is 0 Å².